The van der Waals surface area contributed by atoms with Crippen LogP contribution in [0.1, 0.15) is 19.8 Å². The van der Waals surface area contributed by atoms with E-state index in [2.05, 4.69) is 9.88 Å². The van der Waals surface area contributed by atoms with Crippen molar-refractivity contribution in [3.8, 4) is 0 Å². The number of imidazole rings is 1. The number of para-hydroxylation sites is 2. The Morgan fingerprint density at radius 1 is 1.32 bits per heavy atom. The Morgan fingerprint density at radius 2 is 2.05 bits per heavy atom. The van der Waals surface area contributed by atoms with Gasteiger partial charge >= 0.3 is 0 Å². The summed E-state index contributed by atoms with van der Waals surface area (Å²) in [6.45, 7) is 3.63. The molecule has 1 saturated heterocycles. The van der Waals surface area contributed by atoms with Crippen LogP contribution in [0.5, 0.6) is 0 Å². The summed E-state index contributed by atoms with van der Waals surface area (Å²) in [6, 6.07) is 7.96. The van der Waals surface area contributed by atoms with Gasteiger partial charge in [0.05, 0.1) is 11.4 Å². The van der Waals surface area contributed by atoms with Crippen molar-refractivity contribution in [2.24, 2.45) is 0 Å². The third-order valence-corrected chi connectivity index (χ3v) is 3.60. The molecule has 0 atom stereocenters. The van der Waals surface area contributed by atoms with Crippen LogP contribution in [0, 0.1) is 5.41 Å². The Kier molecular flexibility index (Phi) is 3.11. The van der Waals surface area contributed by atoms with Crippen molar-refractivity contribution in [3.05, 3.63) is 30.6 Å². The molecule has 0 radical (unpaired) electrons. The number of piperidine rings is 1. The fourth-order valence-corrected chi connectivity index (χ4v) is 2.48. The molecule has 0 bridgehead atoms. The normalized spacial score (nSPS) is 16.8. The Morgan fingerprint density at radius 3 is 2.79 bits per heavy atom. The first-order chi connectivity index (χ1) is 9.24. The maximum Gasteiger partial charge on any atom is 0.133 e. The van der Waals surface area contributed by atoms with E-state index < -0.39 is 0 Å². The summed E-state index contributed by atoms with van der Waals surface area (Å²) in [4.78, 5) is 12.4. The number of rotatable bonds is 2. The molecule has 1 aromatic heterocycles. The first-order valence-corrected chi connectivity index (χ1v) is 6.63. The highest BCUT2D eigenvalue weighted by Crippen LogP contribution is 2.15. The van der Waals surface area contributed by atoms with Crippen LogP contribution in [0.15, 0.2) is 30.6 Å². The number of amidine groups is 1. The van der Waals surface area contributed by atoms with E-state index in [1.807, 2.05) is 31.2 Å². The summed E-state index contributed by atoms with van der Waals surface area (Å²) in [5, 5.41) is 7.63. The summed E-state index contributed by atoms with van der Waals surface area (Å²) < 4.78 is 1.77. The molecule has 1 N–H and O–H groups in total. The molecule has 100 valence electrons. The molecule has 0 saturated carbocycles. The van der Waals surface area contributed by atoms with Gasteiger partial charge in [0.1, 0.15) is 17.9 Å². The predicted molar refractivity (Wildman–Crippen MR) is 74.3 cm³/mol. The quantitative estimate of drug-likeness (QED) is 0.661. The molecule has 1 fully saturated rings. The monoisotopic (exact) mass is 258 g/mol. The minimum atomic E-state index is 0.202. The fourth-order valence-electron chi connectivity index (χ4n) is 2.48. The smallest absolute Gasteiger partial charge is 0.133 e. The maximum atomic E-state index is 7.63. The number of aromatic nitrogens is 2. The lowest BCUT2D eigenvalue weighted by Gasteiger charge is -2.32. The highest BCUT2D eigenvalue weighted by atomic mass is 16.7. The molecule has 0 aliphatic carbocycles. The lowest BCUT2D eigenvalue weighted by atomic mass is 10.1. The van der Waals surface area contributed by atoms with Gasteiger partial charge in [0.15, 0.2) is 0 Å². The van der Waals surface area contributed by atoms with E-state index in [0.717, 1.165) is 37.0 Å². The van der Waals surface area contributed by atoms with Gasteiger partial charge in [-0.05, 0) is 19.1 Å². The molecule has 2 aromatic rings. The molecular formula is C14H18N4O. The van der Waals surface area contributed by atoms with Gasteiger partial charge in [-0.25, -0.2) is 4.98 Å². The molecule has 1 aliphatic rings. The number of hydrogen-bond acceptors (Lipinski definition) is 3. The van der Waals surface area contributed by atoms with Crippen molar-refractivity contribution in [3.63, 3.8) is 0 Å². The number of benzene rings is 1. The van der Waals surface area contributed by atoms with Crippen molar-refractivity contribution < 1.29 is 4.84 Å². The highest BCUT2D eigenvalue weighted by molar-refractivity contribution is 5.76. The minimum absolute atomic E-state index is 0.202. The second-order valence-corrected chi connectivity index (χ2v) is 4.94. The Balaban J connectivity index is 1.68. The lowest BCUT2D eigenvalue weighted by molar-refractivity contribution is 0.0125. The molecular weight excluding hydrogens is 240 g/mol. The summed E-state index contributed by atoms with van der Waals surface area (Å²) >= 11 is 0. The SMILES string of the molecule is CC(=N)N1CCC(On2cnc3ccccc32)CC1. The van der Waals surface area contributed by atoms with Gasteiger partial charge in [-0.3, -0.25) is 5.41 Å². The molecule has 1 aromatic carbocycles. The first-order valence-electron chi connectivity index (χ1n) is 6.63. The second-order valence-electron chi connectivity index (χ2n) is 4.94. The predicted octanol–water partition coefficient (Wildman–Crippen LogP) is 1.93. The number of fused-ring (bicyclic) bond motifs is 1. The van der Waals surface area contributed by atoms with Gasteiger partial charge in [-0.15, -0.1) is 0 Å². The molecule has 19 heavy (non-hydrogen) atoms. The lowest BCUT2D eigenvalue weighted by Crippen LogP contribution is -2.42. The molecule has 0 unspecified atom stereocenters. The molecule has 2 heterocycles. The standard InChI is InChI=1S/C14H18N4O/c1-11(15)17-8-6-12(7-9-17)19-18-10-16-13-4-2-3-5-14(13)18/h2-5,10,12,15H,6-9H2,1H3. The Labute approximate surface area is 112 Å². The zero-order valence-electron chi connectivity index (χ0n) is 11.0. The largest absolute Gasteiger partial charge is 0.409 e. The van der Waals surface area contributed by atoms with Crippen LogP contribution in [0.2, 0.25) is 0 Å². The zero-order valence-corrected chi connectivity index (χ0v) is 11.0. The Bertz CT molecular complexity index is 584. The average Bonchev–Trinajstić information content (AvgIpc) is 2.83. The van der Waals surface area contributed by atoms with Crippen LogP contribution in [0.4, 0.5) is 0 Å². The van der Waals surface area contributed by atoms with Gasteiger partial charge < -0.3 is 9.74 Å². The van der Waals surface area contributed by atoms with E-state index in [0.29, 0.717) is 5.84 Å². The van der Waals surface area contributed by atoms with Crippen molar-refractivity contribution in [1.82, 2.24) is 14.6 Å². The second kappa shape index (κ2) is 4.91. The van der Waals surface area contributed by atoms with Crippen molar-refractivity contribution in [1.29, 1.82) is 5.41 Å². The van der Waals surface area contributed by atoms with Crippen LogP contribution in [0.25, 0.3) is 11.0 Å². The number of nitrogens with one attached hydrogen (secondary N) is 1. The third-order valence-electron chi connectivity index (χ3n) is 3.60. The summed E-state index contributed by atoms with van der Waals surface area (Å²) in [5.41, 5.74) is 1.96. The molecule has 1 aliphatic heterocycles. The zero-order chi connectivity index (χ0) is 13.2. The van der Waals surface area contributed by atoms with E-state index in [1.165, 1.54) is 0 Å². The average molecular weight is 258 g/mol. The number of likely N-dealkylation sites (tertiary alicyclic amines) is 1. The van der Waals surface area contributed by atoms with Crippen molar-refractivity contribution in [2.75, 3.05) is 13.1 Å². The Hall–Kier alpha value is -2.04. The van der Waals surface area contributed by atoms with Crippen LogP contribution in [0.3, 0.4) is 0 Å². The van der Waals surface area contributed by atoms with Gasteiger partial charge in [-0.1, -0.05) is 12.1 Å². The highest BCUT2D eigenvalue weighted by Gasteiger charge is 2.21. The van der Waals surface area contributed by atoms with Gasteiger partial charge in [0.2, 0.25) is 0 Å². The van der Waals surface area contributed by atoms with Gasteiger partial charge in [-0.2, -0.15) is 4.73 Å². The van der Waals surface area contributed by atoms with Crippen LogP contribution < -0.4 is 4.84 Å². The first kappa shape index (κ1) is 12.0. The third kappa shape index (κ3) is 2.41. The number of nitrogens with zero attached hydrogens (tertiary/aromatic N) is 3. The molecule has 0 amide bonds. The van der Waals surface area contributed by atoms with Crippen LogP contribution >= 0.6 is 0 Å². The molecule has 5 nitrogen and oxygen atoms in total. The molecule has 3 rings (SSSR count). The van der Waals surface area contributed by atoms with Crippen molar-refractivity contribution >= 4 is 16.9 Å². The van der Waals surface area contributed by atoms with E-state index in [9.17, 15) is 0 Å². The van der Waals surface area contributed by atoms with E-state index in [1.54, 1.807) is 11.1 Å². The molecule has 0 spiro atoms. The van der Waals surface area contributed by atoms with Crippen LogP contribution in [-0.4, -0.2) is 39.6 Å². The summed E-state index contributed by atoms with van der Waals surface area (Å²) in [6.07, 6.45) is 3.83. The summed E-state index contributed by atoms with van der Waals surface area (Å²) in [7, 11) is 0. The maximum absolute atomic E-state index is 7.63. The van der Waals surface area contributed by atoms with E-state index in [4.69, 9.17) is 10.2 Å². The van der Waals surface area contributed by atoms with Gasteiger partial charge in [0, 0.05) is 25.9 Å². The molecule has 5 heteroatoms. The van der Waals surface area contributed by atoms with E-state index in [-0.39, 0.29) is 6.10 Å². The minimum Gasteiger partial charge on any atom is -0.409 e. The number of hydrogen-bond donors (Lipinski definition) is 1. The summed E-state index contributed by atoms with van der Waals surface area (Å²) in [5.74, 6) is 0.645. The van der Waals surface area contributed by atoms with Crippen molar-refractivity contribution in [2.45, 2.75) is 25.9 Å². The van der Waals surface area contributed by atoms with Gasteiger partial charge in [0.25, 0.3) is 0 Å². The van der Waals surface area contributed by atoms with E-state index >= 15 is 0 Å². The topological polar surface area (TPSA) is 54.1 Å². The fraction of sp³-hybridized carbons (Fsp3) is 0.429. The van der Waals surface area contributed by atoms with Crippen LogP contribution in [-0.2, 0) is 0 Å².